The van der Waals surface area contributed by atoms with E-state index in [9.17, 15) is 9.59 Å². The Labute approximate surface area is 208 Å². The summed E-state index contributed by atoms with van der Waals surface area (Å²) in [5.41, 5.74) is 6.16. The van der Waals surface area contributed by atoms with E-state index in [4.69, 9.17) is 9.47 Å². The van der Waals surface area contributed by atoms with E-state index in [0.717, 1.165) is 41.1 Å². The summed E-state index contributed by atoms with van der Waals surface area (Å²) >= 11 is 0. The zero-order chi connectivity index (χ0) is 25.1. The standard InChI is InChI=1S/C30H35NO4/c1-6-18(3)35-30(33)27-19(4)31-25-16-23(21-12-14-24(34-5)15-13-21)17-26(32)29(25)28(27)22-10-8-20(7-2)9-11-22/h8-15,18,23,28,31H,6-7,16-17H2,1-5H3. The SMILES string of the molecule is CCc1ccc(C2C(C(=O)OC(C)CC)=C(C)NC3=C2C(=O)CC(c2ccc(OC)cc2)C3)cc1. The Hall–Kier alpha value is -3.34. The number of benzene rings is 2. The summed E-state index contributed by atoms with van der Waals surface area (Å²) in [6.45, 7) is 7.91. The smallest absolute Gasteiger partial charge is 0.337 e. The van der Waals surface area contributed by atoms with Gasteiger partial charge in [0.1, 0.15) is 5.75 Å². The molecule has 3 atom stereocenters. The second kappa shape index (κ2) is 10.5. The number of ketones is 1. The first-order valence-corrected chi connectivity index (χ1v) is 12.5. The molecule has 35 heavy (non-hydrogen) atoms. The molecule has 1 N–H and O–H groups in total. The topological polar surface area (TPSA) is 64.6 Å². The van der Waals surface area contributed by atoms with Crippen LogP contribution in [0.2, 0.25) is 0 Å². The van der Waals surface area contributed by atoms with E-state index in [1.807, 2.05) is 57.2 Å². The maximum Gasteiger partial charge on any atom is 0.337 e. The maximum atomic E-state index is 13.7. The Balaban J connectivity index is 1.75. The molecule has 0 bridgehead atoms. The van der Waals surface area contributed by atoms with E-state index in [1.165, 1.54) is 5.56 Å². The predicted molar refractivity (Wildman–Crippen MR) is 137 cm³/mol. The number of carbonyl (C=O) groups excluding carboxylic acids is 2. The molecule has 2 aliphatic rings. The molecule has 5 heteroatoms. The third kappa shape index (κ3) is 5.04. The fraction of sp³-hybridized carbons (Fsp3) is 0.400. The van der Waals surface area contributed by atoms with Crippen molar-refractivity contribution in [2.45, 2.75) is 71.3 Å². The number of allylic oxidation sites excluding steroid dienone is 3. The Morgan fingerprint density at radius 2 is 1.69 bits per heavy atom. The lowest BCUT2D eigenvalue weighted by Gasteiger charge is -2.37. The number of dihydropyridines is 1. The molecule has 5 nitrogen and oxygen atoms in total. The lowest BCUT2D eigenvalue weighted by Crippen LogP contribution is -2.36. The highest BCUT2D eigenvalue weighted by atomic mass is 16.5. The maximum absolute atomic E-state index is 13.7. The van der Waals surface area contributed by atoms with Gasteiger partial charge in [-0.1, -0.05) is 50.2 Å². The van der Waals surface area contributed by atoms with Crippen molar-refractivity contribution in [1.29, 1.82) is 0 Å². The molecule has 0 fully saturated rings. The third-order valence-corrected chi connectivity index (χ3v) is 7.24. The fourth-order valence-corrected chi connectivity index (χ4v) is 5.03. The molecule has 0 radical (unpaired) electrons. The van der Waals surface area contributed by atoms with Gasteiger partial charge >= 0.3 is 5.97 Å². The van der Waals surface area contributed by atoms with Crippen molar-refractivity contribution in [2.75, 3.05) is 7.11 Å². The summed E-state index contributed by atoms with van der Waals surface area (Å²) in [7, 11) is 1.65. The highest BCUT2D eigenvalue weighted by Gasteiger charge is 2.41. The van der Waals surface area contributed by atoms with Gasteiger partial charge in [-0.3, -0.25) is 4.79 Å². The van der Waals surface area contributed by atoms with Gasteiger partial charge in [-0.2, -0.15) is 0 Å². The fourth-order valence-electron chi connectivity index (χ4n) is 5.03. The number of carbonyl (C=O) groups is 2. The molecule has 2 aromatic carbocycles. The van der Waals surface area contributed by atoms with Crippen LogP contribution in [-0.4, -0.2) is 25.0 Å². The van der Waals surface area contributed by atoms with Crippen LogP contribution in [0.5, 0.6) is 5.75 Å². The number of methoxy groups -OCH3 is 1. The van der Waals surface area contributed by atoms with Crippen LogP contribution in [0, 0.1) is 0 Å². The van der Waals surface area contributed by atoms with Crippen molar-refractivity contribution in [3.63, 3.8) is 0 Å². The van der Waals surface area contributed by atoms with Crippen LogP contribution in [0.1, 0.15) is 75.5 Å². The lowest BCUT2D eigenvalue weighted by molar-refractivity contribution is -0.144. The van der Waals surface area contributed by atoms with Crippen LogP contribution < -0.4 is 10.1 Å². The van der Waals surface area contributed by atoms with Gasteiger partial charge in [-0.15, -0.1) is 0 Å². The Morgan fingerprint density at radius 3 is 2.29 bits per heavy atom. The molecule has 0 spiro atoms. The van der Waals surface area contributed by atoms with Crippen LogP contribution in [0.3, 0.4) is 0 Å². The number of nitrogens with one attached hydrogen (secondary N) is 1. The van der Waals surface area contributed by atoms with Crippen molar-refractivity contribution in [3.8, 4) is 5.75 Å². The van der Waals surface area contributed by atoms with Gasteiger partial charge in [0.25, 0.3) is 0 Å². The van der Waals surface area contributed by atoms with Crippen LogP contribution in [0.15, 0.2) is 71.1 Å². The summed E-state index contributed by atoms with van der Waals surface area (Å²) in [4.78, 5) is 27.0. The Kier molecular flexibility index (Phi) is 7.44. The molecule has 0 saturated heterocycles. The molecule has 1 heterocycles. The molecule has 2 aromatic rings. The van der Waals surface area contributed by atoms with Crippen LogP contribution in [-0.2, 0) is 20.7 Å². The number of Topliss-reactive ketones (excluding diaryl/α,β-unsaturated/α-hetero) is 1. The number of hydrogen-bond acceptors (Lipinski definition) is 5. The molecule has 3 unspecified atom stereocenters. The minimum absolute atomic E-state index is 0.0733. The van der Waals surface area contributed by atoms with Gasteiger partial charge in [0.15, 0.2) is 5.78 Å². The van der Waals surface area contributed by atoms with Crippen LogP contribution >= 0.6 is 0 Å². The first-order valence-electron chi connectivity index (χ1n) is 12.5. The van der Waals surface area contributed by atoms with Crippen LogP contribution in [0.25, 0.3) is 0 Å². The van der Waals surface area contributed by atoms with Crippen molar-refractivity contribution >= 4 is 11.8 Å². The third-order valence-electron chi connectivity index (χ3n) is 7.24. The van der Waals surface area contributed by atoms with Crippen molar-refractivity contribution < 1.29 is 19.1 Å². The lowest BCUT2D eigenvalue weighted by atomic mass is 9.71. The second-order valence-corrected chi connectivity index (χ2v) is 9.51. The molecule has 1 aliphatic heterocycles. The first-order chi connectivity index (χ1) is 16.9. The normalized spacial score (nSPS) is 20.8. The highest BCUT2D eigenvalue weighted by Crippen LogP contribution is 2.46. The summed E-state index contributed by atoms with van der Waals surface area (Å²) in [5, 5.41) is 3.43. The molecule has 0 amide bonds. The number of ether oxygens (including phenoxy) is 2. The monoisotopic (exact) mass is 473 g/mol. The van der Waals surface area contributed by atoms with Crippen LogP contribution in [0.4, 0.5) is 0 Å². The number of aryl methyl sites for hydroxylation is 1. The molecule has 0 aromatic heterocycles. The van der Waals surface area contributed by atoms with E-state index in [0.29, 0.717) is 24.0 Å². The molecular formula is C30H35NO4. The van der Waals surface area contributed by atoms with Gasteiger partial charge in [-0.05, 0) is 67.9 Å². The minimum Gasteiger partial charge on any atom is -0.497 e. The summed E-state index contributed by atoms with van der Waals surface area (Å²) in [6, 6.07) is 16.2. The van der Waals surface area contributed by atoms with Crippen molar-refractivity contribution in [3.05, 3.63) is 87.8 Å². The summed E-state index contributed by atoms with van der Waals surface area (Å²) < 4.78 is 11.0. The highest BCUT2D eigenvalue weighted by molar-refractivity contribution is 6.04. The quantitative estimate of drug-likeness (QED) is 0.503. The molecular weight excluding hydrogens is 438 g/mol. The average Bonchev–Trinajstić information content (AvgIpc) is 2.87. The number of esters is 1. The summed E-state index contributed by atoms with van der Waals surface area (Å²) in [6.07, 6.45) is 2.59. The molecule has 1 aliphatic carbocycles. The van der Waals surface area contributed by atoms with Crippen molar-refractivity contribution in [2.24, 2.45) is 0 Å². The van der Waals surface area contributed by atoms with E-state index >= 15 is 0 Å². The van der Waals surface area contributed by atoms with E-state index in [2.05, 4.69) is 24.4 Å². The van der Waals surface area contributed by atoms with Gasteiger partial charge in [0, 0.05) is 29.3 Å². The number of hydrogen-bond donors (Lipinski definition) is 1. The van der Waals surface area contributed by atoms with Crippen molar-refractivity contribution in [1.82, 2.24) is 5.32 Å². The van der Waals surface area contributed by atoms with Gasteiger partial charge in [0.05, 0.1) is 18.8 Å². The van der Waals surface area contributed by atoms with E-state index < -0.39 is 5.92 Å². The average molecular weight is 474 g/mol. The predicted octanol–water partition coefficient (Wildman–Crippen LogP) is 5.96. The van der Waals surface area contributed by atoms with Gasteiger partial charge in [0.2, 0.25) is 0 Å². The second-order valence-electron chi connectivity index (χ2n) is 9.51. The molecule has 184 valence electrons. The molecule has 0 saturated carbocycles. The zero-order valence-electron chi connectivity index (χ0n) is 21.3. The van der Waals surface area contributed by atoms with E-state index in [-0.39, 0.29) is 23.8 Å². The minimum atomic E-state index is -0.432. The van der Waals surface area contributed by atoms with E-state index in [1.54, 1.807) is 7.11 Å². The largest absolute Gasteiger partial charge is 0.497 e. The number of rotatable bonds is 7. The summed E-state index contributed by atoms with van der Waals surface area (Å²) in [5.74, 6) is 0.156. The van der Waals surface area contributed by atoms with Gasteiger partial charge in [-0.25, -0.2) is 4.79 Å². The molecule has 4 rings (SSSR count). The van der Waals surface area contributed by atoms with Gasteiger partial charge < -0.3 is 14.8 Å². The zero-order valence-corrected chi connectivity index (χ0v) is 21.3. The Bertz CT molecular complexity index is 1160. The Morgan fingerprint density at radius 1 is 1.03 bits per heavy atom. The first kappa shape index (κ1) is 24.8.